The van der Waals surface area contributed by atoms with Gasteiger partial charge in [0.15, 0.2) is 19.9 Å². The summed E-state index contributed by atoms with van der Waals surface area (Å²) in [5.41, 5.74) is 2.23. The lowest BCUT2D eigenvalue weighted by Crippen LogP contribution is -2.46. The standard InChI is InChI=1S/C28H35F3N2O2Si/c1-17-9-22-23(14-32-17)18(16-34-36(5,6)28(2,3)4)10-25(30)24(22)15-33-20-12-21(13-20)35-27-8-7-19(29)11-26(27)31/h7-11,14,20-21,33H,12-13,15-16H2,1-6H3. The van der Waals surface area contributed by atoms with E-state index in [1.807, 2.05) is 19.2 Å². The highest BCUT2D eigenvalue weighted by Gasteiger charge is 2.37. The molecule has 3 aromatic rings. The molecule has 0 aliphatic heterocycles. The van der Waals surface area contributed by atoms with Gasteiger partial charge in [-0.3, -0.25) is 4.98 Å². The molecule has 1 aliphatic rings. The van der Waals surface area contributed by atoms with Crippen molar-refractivity contribution >= 4 is 19.1 Å². The van der Waals surface area contributed by atoms with Gasteiger partial charge in [0.25, 0.3) is 0 Å². The SMILES string of the molecule is Cc1cc2c(CNC3CC(Oc4ccc(F)cc4F)C3)c(F)cc(CO[Si](C)(C)C(C)(C)C)c2cn1. The molecule has 1 aromatic heterocycles. The van der Waals surface area contributed by atoms with Crippen LogP contribution in [0.1, 0.15) is 50.4 Å². The van der Waals surface area contributed by atoms with Crippen LogP contribution in [0.4, 0.5) is 13.2 Å². The fourth-order valence-electron chi connectivity index (χ4n) is 4.11. The third-order valence-electron chi connectivity index (χ3n) is 7.55. The number of ether oxygens (including phenoxy) is 1. The van der Waals surface area contributed by atoms with Gasteiger partial charge >= 0.3 is 0 Å². The number of benzene rings is 2. The van der Waals surface area contributed by atoms with Crippen molar-refractivity contribution in [3.63, 3.8) is 0 Å². The minimum Gasteiger partial charge on any atom is -0.487 e. The molecule has 0 radical (unpaired) electrons. The molecule has 4 rings (SSSR count). The lowest BCUT2D eigenvalue weighted by Gasteiger charge is -2.36. The topological polar surface area (TPSA) is 43.4 Å². The molecule has 1 saturated carbocycles. The first kappa shape index (κ1) is 26.6. The maximum Gasteiger partial charge on any atom is 0.192 e. The average molecular weight is 517 g/mol. The van der Waals surface area contributed by atoms with Gasteiger partial charge < -0.3 is 14.5 Å². The van der Waals surface area contributed by atoms with Crippen molar-refractivity contribution in [2.45, 2.75) is 84.0 Å². The average Bonchev–Trinajstić information content (AvgIpc) is 2.75. The molecule has 8 heteroatoms. The zero-order valence-corrected chi connectivity index (χ0v) is 22.8. The zero-order valence-electron chi connectivity index (χ0n) is 21.8. The quantitative estimate of drug-likeness (QED) is 0.322. The first-order valence-electron chi connectivity index (χ1n) is 12.4. The molecule has 1 aliphatic carbocycles. The van der Waals surface area contributed by atoms with Crippen LogP contribution < -0.4 is 10.1 Å². The van der Waals surface area contributed by atoms with Gasteiger partial charge in [-0.2, -0.15) is 0 Å². The molecule has 1 N–H and O–H groups in total. The number of hydrogen-bond acceptors (Lipinski definition) is 4. The van der Waals surface area contributed by atoms with E-state index in [1.165, 1.54) is 12.1 Å². The zero-order chi connectivity index (χ0) is 26.3. The second-order valence-corrected chi connectivity index (χ2v) is 16.1. The van der Waals surface area contributed by atoms with Gasteiger partial charge in [0, 0.05) is 41.5 Å². The van der Waals surface area contributed by atoms with Crippen molar-refractivity contribution in [3.05, 3.63) is 70.8 Å². The van der Waals surface area contributed by atoms with Crippen LogP contribution in [0, 0.1) is 24.4 Å². The van der Waals surface area contributed by atoms with Crippen LogP contribution in [0.3, 0.4) is 0 Å². The van der Waals surface area contributed by atoms with E-state index in [-0.39, 0.29) is 28.8 Å². The van der Waals surface area contributed by atoms with Crippen LogP contribution in [0.5, 0.6) is 5.75 Å². The summed E-state index contributed by atoms with van der Waals surface area (Å²) in [4.78, 5) is 4.46. The monoisotopic (exact) mass is 516 g/mol. The number of fused-ring (bicyclic) bond motifs is 1. The molecular weight excluding hydrogens is 481 g/mol. The summed E-state index contributed by atoms with van der Waals surface area (Å²) in [7, 11) is -1.99. The van der Waals surface area contributed by atoms with Gasteiger partial charge in [-0.05, 0) is 73.1 Å². The molecule has 0 saturated heterocycles. The van der Waals surface area contributed by atoms with Crippen LogP contribution >= 0.6 is 0 Å². The van der Waals surface area contributed by atoms with Gasteiger partial charge in [-0.1, -0.05) is 20.8 Å². The Labute approximate surface area is 212 Å². The van der Waals surface area contributed by atoms with Gasteiger partial charge in [0.05, 0.1) is 6.61 Å². The summed E-state index contributed by atoms with van der Waals surface area (Å²) >= 11 is 0. The van der Waals surface area contributed by atoms with Crippen LogP contribution in [0.15, 0.2) is 36.5 Å². The van der Waals surface area contributed by atoms with E-state index in [9.17, 15) is 8.78 Å². The molecule has 0 atom stereocenters. The Balaban J connectivity index is 1.44. The maximum absolute atomic E-state index is 15.4. The van der Waals surface area contributed by atoms with Gasteiger partial charge in [-0.25, -0.2) is 13.2 Å². The Kier molecular flexibility index (Phi) is 7.51. The summed E-state index contributed by atoms with van der Waals surface area (Å²) in [5.74, 6) is -1.56. The molecule has 4 nitrogen and oxygen atoms in total. The fraction of sp³-hybridized carbons (Fsp3) is 0.464. The Hall–Kier alpha value is -2.42. The molecule has 1 fully saturated rings. The minimum atomic E-state index is -1.99. The predicted octanol–water partition coefficient (Wildman–Crippen LogP) is 7.18. The molecule has 0 spiro atoms. The van der Waals surface area contributed by atoms with Gasteiger partial charge in [0.1, 0.15) is 17.7 Å². The molecular formula is C28H35F3N2O2Si. The van der Waals surface area contributed by atoms with Crippen LogP contribution in [0.2, 0.25) is 18.1 Å². The van der Waals surface area contributed by atoms with E-state index in [0.717, 1.165) is 28.1 Å². The molecule has 0 unspecified atom stereocenters. The summed E-state index contributed by atoms with van der Waals surface area (Å²) in [6.45, 7) is 13.5. The normalized spacial score (nSPS) is 18.4. The molecule has 36 heavy (non-hydrogen) atoms. The van der Waals surface area contributed by atoms with Crippen molar-refractivity contribution in [2.24, 2.45) is 0 Å². The summed E-state index contributed by atoms with van der Waals surface area (Å²) in [5, 5.41) is 5.21. The largest absolute Gasteiger partial charge is 0.487 e. The Morgan fingerprint density at radius 2 is 1.75 bits per heavy atom. The number of hydrogen-bond donors (Lipinski definition) is 1. The first-order valence-corrected chi connectivity index (χ1v) is 15.3. The van der Waals surface area contributed by atoms with E-state index >= 15 is 4.39 Å². The molecule has 1 heterocycles. The van der Waals surface area contributed by atoms with Crippen molar-refractivity contribution in [1.29, 1.82) is 0 Å². The van der Waals surface area contributed by atoms with E-state index in [0.29, 0.717) is 31.6 Å². The van der Waals surface area contributed by atoms with E-state index < -0.39 is 20.0 Å². The van der Waals surface area contributed by atoms with E-state index in [2.05, 4.69) is 44.2 Å². The summed E-state index contributed by atoms with van der Waals surface area (Å²) < 4.78 is 54.3. The second kappa shape index (κ2) is 10.1. The number of aromatic nitrogens is 1. The summed E-state index contributed by atoms with van der Waals surface area (Å²) in [6.07, 6.45) is 2.97. The summed E-state index contributed by atoms with van der Waals surface area (Å²) in [6, 6.07) is 6.92. The van der Waals surface area contributed by atoms with E-state index in [1.54, 1.807) is 6.07 Å². The molecule has 0 amide bonds. The third-order valence-corrected chi connectivity index (χ3v) is 12.0. The molecule has 194 valence electrons. The Morgan fingerprint density at radius 3 is 2.42 bits per heavy atom. The molecule has 2 aromatic carbocycles. The third kappa shape index (κ3) is 5.76. The van der Waals surface area contributed by atoms with Crippen LogP contribution in [0.25, 0.3) is 10.8 Å². The first-order chi connectivity index (χ1) is 16.8. The Morgan fingerprint density at radius 1 is 1.03 bits per heavy atom. The predicted molar refractivity (Wildman–Crippen MR) is 139 cm³/mol. The van der Waals surface area contributed by atoms with Crippen LogP contribution in [-0.4, -0.2) is 25.4 Å². The lowest BCUT2D eigenvalue weighted by molar-refractivity contribution is 0.0801. The lowest BCUT2D eigenvalue weighted by atomic mass is 9.88. The smallest absolute Gasteiger partial charge is 0.192 e. The van der Waals surface area contributed by atoms with Crippen molar-refractivity contribution in [1.82, 2.24) is 10.3 Å². The van der Waals surface area contributed by atoms with Crippen LogP contribution in [-0.2, 0) is 17.6 Å². The number of aryl methyl sites for hydroxylation is 1. The highest BCUT2D eigenvalue weighted by molar-refractivity contribution is 6.74. The fourth-order valence-corrected chi connectivity index (χ4v) is 5.06. The minimum absolute atomic E-state index is 0.0513. The molecule has 0 bridgehead atoms. The van der Waals surface area contributed by atoms with E-state index in [4.69, 9.17) is 9.16 Å². The van der Waals surface area contributed by atoms with Crippen molar-refractivity contribution in [2.75, 3.05) is 0 Å². The maximum atomic E-state index is 15.4. The number of pyridine rings is 1. The number of halogens is 3. The Bertz CT molecular complexity index is 1250. The highest BCUT2D eigenvalue weighted by Crippen LogP contribution is 2.38. The van der Waals surface area contributed by atoms with Crippen molar-refractivity contribution < 1.29 is 22.3 Å². The highest BCUT2D eigenvalue weighted by atomic mass is 28.4. The number of nitrogens with one attached hydrogen (secondary N) is 1. The second-order valence-electron chi connectivity index (χ2n) is 11.3. The van der Waals surface area contributed by atoms with Gasteiger partial charge in [0.2, 0.25) is 0 Å². The number of nitrogens with zero attached hydrogens (tertiary/aromatic N) is 1. The number of rotatable bonds is 8. The van der Waals surface area contributed by atoms with Gasteiger partial charge in [-0.15, -0.1) is 0 Å². The van der Waals surface area contributed by atoms with Crippen molar-refractivity contribution in [3.8, 4) is 5.75 Å².